The number of benzene rings is 2. The first-order valence-electron chi connectivity index (χ1n) is 16.4. The number of methoxy groups -OCH3 is 1. The van der Waals surface area contributed by atoms with E-state index in [0.717, 1.165) is 6.07 Å². The number of ether oxygens (including phenoxy) is 4. The van der Waals surface area contributed by atoms with Crippen LogP contribution in [-0.2, 0) is 23.8 Å². The van der Waals surface area contributed by atoms with Gasteiger partial charge in [-0.15, -0.1) is 0 Å². The van der Waals surface area contributed by atoms with Crippen LogP contribution in [0.3, 0.4) is 0 Å². The van der Waals surface area contributed by atoms with Crippen LogP contribution < -0.4 is 39.6 Å². The molecule has 272 valence electrons. The maximum absolute atomic E-state index is 13.9. The average Bonchev–Trinajstić information content (AvgIpc) is 3.33. The van der Waals surface area contributed by atoms with Gasteiger partial charge in [0.05, 0.1) is 41.2 Å². The van der Waals surface area contributed by atoms with Crippen molar-refractivity contribution in [2.24, 2.45) is 23.7 Å². The van der Waals surface area contributed by atoms with Crippen molar-refractivity contribution in [2.75, 3.05) is 12.4 Å². The number of esters is 1. The number of Topliss-reactive ketones (excluding diaryl/α,β-unsaturated/α-hetero) is 1. The van der Waals surface area contributed by atoms with Crippen LogP contribution in [0.5, 0.6) is 23.0 Å². The zero-order valence-corrected chi connectivity index (χ0v) is 32.7. The maximum atomic E-state index is 13.9. The van der Waals surface area contributed by atoms with Gasteiger partial charge in [0, 0.05) is 67.2 Å². The maximum Gasteiger partial charge on any atom is 1.00 e. The Morgan fingerprint density at radius 1 is 0.941 bits per heavy atom. The third-order valence-corrected chi connectivity index (χ3v) is 9.84. The summed E-state index contributed by atoms with van der Waals surface area (Å²) in [6.07, 6.45) is 3.62. The number of carbonyl (C=O) groups excluding carboxylic acids is 3. The van der Waals surface area contributed by atoms with Crippen LogP contribution in [0.1, 0.15) is 64.4 Å². The number of ketones is 1. The number of hydrogen-bond donors (Lipinski definition) is 6. The minimum Gasteiger partial charge on any atom is -0.507 e. The summed E-state index contributed by atoms with van der Waals surface area (Å²) in [4.78, 5) is 39.2. The Balaban J connectivity index is 0.00000702. The molecule has 0 spiro atoms. The van der Waals surface area contributed by atoms with Crippen molar-refractivity contribution in [3.63, 3.8) is 0 Å². The van der Waals surface area contributed by atoms with Gasteiger partial charge >= 0.3 is 41.3 Å². The molecule has 13 nitrogen and oxygen atoms in total. The number of aromatic hydroxyl groups is 3. The SMILES string of the molecule is CO[C@H]1/C=C\O[C@@]2(C)Oc3c(C)c(O)c4c(O)c(cc(O)c4c3C2=O)NC(=O)/C(C)=C\C=C/[C@H](C)[C@H](O)[C@@H](C)[C@@H](O)[C@@H](C)[C@H](OC(C)=O)[C@@H]1C.[Na+]. The fourth-order valence-corrected chi connectivity index (χ4v) is 6.65. The number of aliphatic hydroxyl groups excluding tert-OH is 2. The molecule has 5 rings (SSSR count). The molecule has 6 N–H and O–H groups in total. The number of amides is 1. The number of phenolic OH excluding ortho intramolecular Hbond substituents is 3. The summed E-state index contributed by atoms with van der Waals surface area (Å²) >= 11 is 0. The molecule has 1 amide bonds. The van der Waals surface area contributed by atoms with Crippen LogP contribution in [0.4, 0.5) is 5.69 Å². The number of allylic oxidation sites excluding steroid dienone is 2. The molecule has 2 aromatic rings. The van der Waals surface area contributed by atoms with E-state index in [-0.39, 0.29) is 68.5 Å². The number of rotatable bonds is 2. The van der Waals surface area contributed by atoms with E-state index >= 15 is 0 Å². The summed E-state index contributed by atoms with van der Waals surface area (Å²) in [5.41, 5.74) is -0.0929. The Morgan fingerprint density at radius 2 is 1.59 bits per heavy atom. The summed E-state index contributed by atoms with van der Waals surface area (Å²) in [7, 11) is 1.43. The predicted octanol–water partition coefficient (Wildman–Crippen LogP) is 1.76. The molecule has 14 heteroatoms. The van der Waals surface area contributed by atoms with Gasteiger partial charge in [-0.05, 0) is 19.9 Å². The first kappa shape index (κ1) is 41.8. The second-order valence-electron chi connectivity index (χ2n) is 13.4. The fourth-order valence-electron chi connectivity index (χ4n) is 6.65. The van der Waals surface area contributed by atoms with Crippen molar-refractivity contribution in [3.05, 3.63) is 53.3 Å². The summed E-state index contributed by atoms with van der Waals surface area (Å²) in [6.45, 7) is 12.5. The average molecular weight is 721 g/mol. The number of fused-ring (bicyclic) bond motifs is 14. The van der Waals surface area contributed by atoms with Crippen molar-refractivity contribution < 1.29 is 88.4 Å². The summed E-state index contributed by atoms with van der Waals surface area (Å²) in [5.74, 6) is -7.99. The minimum atomic E-state index is -1.98. The molecule has 0 aliphatic carbocycles. The van der Waals surface area contributed by atoms with E-state index in [9.17, 15) is 39.9 Å². The number of anilines is 1. The second-order valence-corrected chi connectivity index (χ2v) is 13.4. The second kappa shape index (κ2) is 16.4. The van der Waals surface area contributed by atoms with Gasteiger partial charge in [-0.1, -0.05) is 45.9 Å². The first-order chi connectivity index (χ1) is 23.4. The molecule has 0 aromatic heterocycles. The van der Waals surface area contributed by atoms with Crippen LogP contribution >= 0.6 is 0 Å². The summed E-state index contributed by atoms with van der Waals surface area (Å²) in [5, 5.41) is 58.2. The number of hydrogen-bond acceptors (Lipinski definition) is 12. The summed E-state index contributed by atoms with van der Waals surface area (Å²) < 4.78 is 23.2. The van der Waals surface area contributed by atoms with Crippen molar-refractivity contribution >= 4 is 34.1 Å². The van der Waals surface area contributed by atoms with Crippen LogP contribution in [0.15, 0.2) is 42.2 Å². The van der Waals surface area contributed by atoms with Crippen LogP contribution in [0.25, 0.3) is 10.8 Å². The van der Waals surface area contributed by atoms with Gasteiger partial charge in [-0.25, -0.2) is 0 Å². The third-order valence-electron chi connectivity index (χ3n) is 9.84. The van der Waals surface area contributed by atoms with E-state index in [1.807, 2.05) is 0 Å². The van der Waals surface area contributed by atoms with E-state index in [4.69, 9.17) is 18.9 Å². The van der Waals surface area contributed by atoms with Crippen LogP contribution in [-0.4, -0.2) is 80.5 Å². The van der Waals surface area contributed by atoms with Gasteiger partial charge < -0.3 is 49.8 Å². The normalized spacial score (nSPS) is 32.6. The molecule has 9 atom stereocenters. The molecule has 51 heavy (non-hydrogen) atoms. The molecule has 3 aliphatic rings. The Kier molecular flexibility index (Phi) is 13.4. The molecule has 0 unspecified atom stereocenters. The van der Waals surface area contributed by atoms with Crippen molar-refractivity contribution in [1.82, 2.24) is 0 Å². The van der Waals surface area contributed by atoms with Crippen LogP contribution in [0, 0.1) is 30.6 Å². The van der Waals surface area contributed by atoms with Crippen molar-refractivity contribution in [3.8, 4) is 23.0 Å². The molecule has 0 saturated carbocycles. The predicted molar refractivity (Wildman–Crippen MR) is 184 cm³/mol. The zero-order chi connectivity index (χ0) is 37.4. The van der Waals surface area contributed by atoms with Gasteiger partial charge in [0.1, 0.15) is 23.4 Å². The molecular weight excluding hydrogens is 673 g/mol. The monoisotopic (exact) mass is 720 g/mol. The van der Waals surface area contributed by atoms with Gasteiger partial charge in [0.15, 0.2) is 5.75 Å². The molecule has 0 saturated heterocycles. The number of phenols is 3. The zero-order valence-electron chi connectivity index (χ0n) is 30.7. The van der Waals surface area contributed by atoms with Gasteiger partial charge in [0.25, 0.3) is 11.7 Å². The Labute approximate surface area is 319 Å². The molecule has 3 aliphatic heterocycles. The molecule has 2 aromatic carbocycles. The Morgan fingerprint density at radius 3 is 2.20 bits per heavy atom. The molecular formula is C37H47NNaO12+. The Hall–Kier alpha value is -3.59. The number of nitrogens with one attached hydrogen (secondary N) is 1. The van der Waals surface area contributed by atoms with E-state index < -0.39 is 88.8 Å². The largest absolute Gasteiger partial charge is 1.00 e. The molecule has 3 heterocycles. The van der Waals surface area contributed by atoms with E-state index in [1.54, 1.807) is 39.8 Å². The van der Waals surface area contributed by atoms with Crippen LogP contribution in [0.2, 0.25) is 0 Å². The number of carbonyl (C=O) groups is 3. The third kappa shape index (κ3) is 8.08. The molecule has 0 radical (unpaired) electrons. The van der Waals surface area contributed by atoms with Gasteiger partial charge in [-0.3, -0.25) is 14.4 Å². The molecule has 5 bridgehead atoms. The van der Waals surface area contributed by atoms with Gasteiger partial charge in [-0.2, -0.15) is 0 Å². The van der Waals surface area contributed by atoms with Crippen molar-refractivity contribution in [2.45, 2.75) is 85.6 Å². The van der Waals surface area contributed by atoms with E-state index in [0.29, 0.717) is 0 Å². The smallest absolute Gasteiger partial charge is 0.507 e. The quantitative estimate of drug-likeness (QED) is 0.114. The number of aliphatic hydroxyl groups is 2. The summed E-state index contributed by atoms with van der Waals surface area (Å²) in [6, 6.07) is 1.06. The fraction of sp³-hybridized carbons (Fsp3) is 0.486. The molecule has 0 fully saturated rings. The van der Waals surface area contributed by atoms with E-state index in [2.05, 4.69) is 5.32 Å². The topological polar surface area (TPSA) is 201 Å². The van der Waals surface area contributed by atoms with Crippen molar-refractivity contribution in [1.29, 1.82) is 0 Å². The Bertz CT molecular complexity index is 1770. The standard InChI is InChI=1S/C37H47NO12.Na/c1-16-11-10-12-17(2)36(46)38-23-15-24(40)26-27(32(23)44)31(43)21(6)34-28(26)35(45)37(8,50-34)48-14-13-25(47-9)18(3)33(49-22(7)39)20(5)30(42)19(4)29(16)41;/h10-16,18-20,25,29-30,33,40-44H,1-9H3,(H,38,46);/q;+1/b11-10-,14-13-,17-12-;/t16-,18+,19+,20+,25-,29-,30+,33+,37-;/m0./s1. The van der Waals surface area contributed by atoms with Gasteiger partial charge in [0.2, 0.25) is 0 Å². The minimum absolute atomic E-state index is 0. The van der Waals surface area contributed by atoms with E-state index in [1.165, 1.54) is 53.2 Å². The first-order valence-corrected chi connectivity index (χ1v) is 16.4.